The van der Waals surface area contributed by atoms with E-state index in [-0.39, 0.29) is 6.42 Å². The van der Waals surface area contributed by atoms with E-state index in [1.54, 1.807) is 32.1 Å². The third kappa shape index (κ3) is 2.54. The lowest BCUT2D eigenvalue weighted by Gasteiger charge is -2.32. The first-order chi connectivity index (χ1) is 7.65. The number of hydrogen-bond acceptors (Lipinski definition) is 1. The third-order valence-corrected chi connectivity index (χ3v) is 2.66. The summed E-state index contributed by atoms with van der Waals surface area (Å²) in [5.74, 6) is 11.1. The van der Waals surface area contributed by atoms with Crippen LogP contribution in [0.4, 0.5) is 4.39 Å². The SMILES string of the molecule is CC#CCC1=CC=CC(N)C1(F)CC#CC. The van der Waals surface area contributed by atoms with Crippen LogP contribution < -0.4 is 5.73 Å². The van der Waals surface area contributed by atoms with E-state index < -0.39 is 11.7 Å². The maximum atomic E-state index is 14.7. The highest BCUT2D eigenvalue weighted by Crippen LogP contribution is 2.34. The van der Waals surface area contributed by atoms with Crippen LogP contribution in [0.3, 0.4) is 0 Å². The second kappa shape index (κ2) is 5.54. The van der Waals surface area contributed by atoms with E-state index in [0.717, 1.165) is 0 Å². The van der Waals surface area contributed by atoms with Crippen molar-refractivity contribution in [1.29, 1.82) is 0 Å². The Morgan fingerprint density at radius 3 is 2.69 bits per heavy atom. The molecule has 0 saturated heterocycles. The average molecular weight is 217 g/mol. The van der Waals surface area contributed by atoms with Gasteiger partial charge in [-0.15, -0.1) is 11.8 Å². The predicted octanol–water partition coefficient (Wildman–Crippen LogP) is 2.35. The molecule has 0 spiro atoms. The second-order valence-corrected chi connectivity index (χ2v) is 3.67. The largest absolute Gasteiger partial charge is 0.321 e. The smallest absolute Gasteiger partial charge is 0.162 e. The van der Waals surface area contributed by atoms with Gasteiger partial charge in [0.15, 0.2) is 5.67 Å². The Kier molecular flexibility index (Phi) is 4.35. The number of alkyl halides is 1. The van der Waals surface area contributed by atoms with E-state index in [1.807, 2.05) is 0 Å². The van der Waals surface area contributed by atoms with E-state index in [1.165, 1.54) is 0 Å². The van der Waals surface area contributed by atoms with Crippen molar-refractivity contribution in [3.05, 3.63) is 23.8 Å². The first-order valence-electron chi connectivity index (χ1n) is 5.26. The summed E-state index contributed by atoms with van der Waals surface area (Å²) in [4.78, 5) is 0. The fraction of sp³-hybridized carbons (Fsp3) is 0.429. The number of allylic oxidation sites excluding steroid dienone is 2. The lowest BCUT2D eigenvalue weighted by Crippen LogP contribution is -2.45. The highest BCUT2D eigenvalue weighted by Gasteiger charge is 2.39. The monoisotopic (exact) mass is 217 g/mol. The van der Waals surface area contributed by atoms with E-state index in [4.69, 9.17) is 5.73 Å². The predicted molar refractivity (Wildman–Crippen MR) is 65.2 cm³/mol. The van der Waals surface area contributed by atoms with Gasteiger partial charge in [0.1, 0.15) is 0 Å². The summed E-state index contributed by atoms with van der Waals surface area (Å²) in [6.45, 7) is 3.44. The van der Waals surface area contributed by atoms with Crippen molar-refractivity contribution in [2.75, 3.05) is 0 Å². The van der Waals surface area contributed by atoms with Crippen LogP contribution in [0.1, 0.15) is 26.7 Å². The molecule has 0 bridgehead atoms. The van der Waals surface area contributed by atoms with E-state index in [2.05, 4.69) is 23.7 Å². The fourth-order valence-electron chi connectivity index (χ4n) is 1.63. The Morgan fingerprint density at radius 1 is 1.38 bits per heavy atom. The van der Waals surface area contributed by atoms with Crippen LogP contribution in [0.15, 0.2) is 23.8 Å². The quantitative estimate of drug-likeness (QED) is 0.706. The molecule has 0 saturated carbocycles. The molecule has 84 valence electrons. The average Bonchev–Trinajstić information content (AvgIpc) is 2.29. The highest BCUT2D eigenvalue weighted by molar-refractivity contribution is 5.37. The zero-order valence-electron chi connectivity index (χ0n) is 9.68. The molecular weight excluding hydrogens is 201 g/mol. The molecule has 2 unspecified atom stereocenters. The lowest BCUT2D eigenvalue weighted by atomic mass is 9.80. The summed E-state index contributed by atoms with van der Waals surface area (Å²) >= 11 is 0. The topological polar surface area (TPSA) is 26.0 Å². The van der Waals surface area contributed by atoms with Crippen molar-refractivity contribution in [1.82, 2.24) is 0 Å². The summed E-state index contributed by atoms with van der Waals surface area (Å²) in [5, 5.41) is 0. The summed E-state index contributed by atoms with van der Waals surface area (Å²) < 4.78 is 14.7. The number of nitrogens with two attached hydrogens (primary N) is 1. The van der Waals surface area contributed by atoms with Gasteiger partial charge in [-0.3, -0.25) is 0 Å². The zero-order chi connectivity index (χ0) is 12.0. The third-order valence-electron chi connectivity index (χ3n) is 2.66. The Bertz CT molecular complexity index is 425. The first kappa shape index (κ1) is 12.6. The molecule has 2 atom stereocenters. The maximum absolute atomic E-state index is 14.7. The molecule has 1 aliphatic carbocycles. The van der Waals surface area contributed by atoms with Crippen LogP contribution in [0.5, 0.6) is 0 Å². The first-order valence-corrected chi connectivity index (χ1v) is 5.26. The standard InChI is InChI=1S/C14H16FN/c1-3-5-8-12-9-7-10-13(16)14(12,15)11-6-4-2/h7,9-10,13H,8,11,16H2,1-2H3. The lowest BCUT2D eigenvalue weighted by molar-refractivity contribution is 0.192. The Morgan fingerprint density at radius 2 is 2.06 bits per heavy atom. The van der Waals surface area contributed by atoms with Gasteiger partial charge in [-0.1, -0.05) is 30.1 Å². The van der Waals surface area contributed by atoms with Gasteiger partial charge < -0.3 is 5.73 Å². The molecular formula is C14H16FN. The second-order valence-electron chi connectivity index (χ2n) is 3.67. The summed E-state index contributed by atoms with van der Waals surface area (Å²) in [7, 11) is 0. The molecule has 0 aromatic heterocycles. The van der Waals surface area contributed by atoms with E-state index in [0.29, 0.717) is 12.0 Å². The molecule has 0 amide bonds. The van der Waals surface area contributed by atoms with Gasteiger partial charge >= 0.3 is 0 Å². The van der Waals surface area contributed by atoms with Crippen LogP contribution in [0.2, 0.25) is 0 Å². The van der Waals surface area contributed by atoms with Gasteiger partial charge in [0.25, 0.3) is 0 Å². The highest BCUT2D eigenvalue weighted by atomic mass is 19.1. The number of hydrogen-bond donors (Lipinski definition) is 1. The number of halogens is 1. The van der Waals surface area contributed by atoms with Crippen molar-refractivity contribution in [3.8, 4) is 23.7 Å². The minimum Gasteiger partial charge on any atom is -0.321 e. The van der Waals surface area contributed by atoms with Crippen molar-refractivity contribution < 1.29 is 4.39 Å². The Balaban J connectivity index is 2.97. The molecule has 1 nitrogen and oxygen atoms in total. The van der Waals surface area contributed by atoms with Crippen LogP contribution in [0.25, 0.3) is 0 Å². The maximum Gasteiger partial charge on any atom is 0.162 e. The van der Waals surface area contributed by atoms with Gasteiger partial charge in [-0.2, -0.15) is 0 Å². The molecule has 1 rings (SSSR count). The molecule has 2 heteroatoms. The van der Waals surface area contributed by atoms with Crippen LogP contribution in [-0.2, 0) is 0 Å². The molecule has 0 aromatic carbocycles. The molecule has 0 aliphatic heterocycles. The Hall–Kier alpha value is -1.51. The fourth-order valence-corrected chi connectivity index (χ4v) is 1.63. The Labute approximate surface area is 96.6 Å². The van der Waals surface area contributed by atoms with Crippen molar-refractivity contribution in [2.45, 2.75) is 38.4 Å². The molecule has 1 aliphatic rings. The zero-order valence-corrected chi connectivity index (χ0v) is 9.68. The van der Waals surface area contributed by atoms with Gasteiger partial charge in [0, 0.05) is 12.8 Å². The van der Waals surface area contributed by atoms with Crippen LogP contribution in [0, 0.1) is 23.7 Å². The van der Waals surface area contributed by atoms with Crippen molar-refractivity contribution >= 4 is 0 Å². The van der Waals surface area contributed by atoms with E-state index in [9.17, 15) is 4.39 Å². The molecule has 0 aromatic rings. The van der Waals surface area contributed by atoms with Gasteiger partial charge in [-0.05, 0) is 19.4 Å². The summed E-state index contributed by atoms with van der Waals surface area (Å²) in [6, 6.07) is -0.632. The molecule has 16 heavy (non-hydrogen) atoms. The molecule has 0 fully saturated rings. The normalized spacial score (nSPS) is 27.2. The van der Waals surface area contributed by atoms with Gasteiger partial charge in [0.2, 0.25) is 0 Å². The number of rotatable bonds is 2. The summed E-state index contributed by atoms with van der Waals surface area (Å²) in [5.41, 5.74) is 4.85. The van der Waals surface area contributed by atoms with Crippen molar-refractivity contribution in [2.24, 2.45) is 5.73 Å². The molecule has 0 heterocycles. The molecule has 2 N–H and O–H groups in total. The van der Waals surface area contributed by atoms with Crippen LogP contribution >= 0.6 is 0 Å². The van der Waals surface area contributed by atoms with Gasteiger partial charge in [-0.25, -0.2) is 4.39 Å². The minimum atomic E-state index is -1.57. The summed E-state index contributed by atoms with van der Waals surface area (Å²) in [6.07, 6.45) is 5.75. The minimum absolute atomic E-state index is 0.131. The van der Waals surface area contributed by atoms with E-state index >= 15 is 0 Å². The van der Waals surface area contributed by atoms with Crippen molar-refractivity contribution in [3.63, 3.8) is 0 Å². The van der Waals surface area contributed by atoms with Crippen LogP contribution in [-0.4, -0.2) is 11.7 Å². The van der Waals surface area contributed by atoms with Gasteiger partial charge in [0.05, 0.1) is 6.04 Å². The molecule has 0 radical (unpaired) electrons.